The Kier molecular flexibility index (Phi) is 5.59. The third-order valence-corrected chi connectivity index (χ3v) is 4.68. The van der Waals surface area contributed by atoms with Gasteiger partial charge >= 0.3 is 0 Å². The van der Waals surface area contributed by atoms with Crippen molar-refractivity contribution in [3.63, 3.8) is 0 Å². The number of hydrogen-bond acceptors (Lipinski definition) is 5. The van der Waals surface area contributed by atoms with E-state index in [1.807, 2.05) is 42.7 Å². The number of thioether (sulfide) groups is 1. The van der Waals surface area contributed by atoms with Crippen molar-refractivity contribution in [2.24, 2.45) is 0 Å². The number of aromatic nitrogens is 2. The smallest absolute Gasteiger partial charge is 0.189 e. The molecule has 1 N–H and O–H groups in total. The van der Waals surface area contributed by atoms with Crippen molar-refractivity contribution < 1.29 is 0 Å². The van der Waals surface area contributed by atoms with Gasteiger partial charge in [0.15, 0.2) is 11.0 Å². The van der Waals surface area contributed by atoms with Crippen LogP contribution in [0.1, 0.15) is 5.56 Å². The maximum atomic E-state index is 9.70. The maximum absolute atomic E-state index is 9.70. The summed E-state index contributed by atoms with van der Waals surface area (Å²) >= 11 is 10.8. The summed E-state index contributed by atoms with van der Waals surface area (Å²) in [6.45, 7) is 0. The molecule has 4 nitrogen and oxygen atoms in total. The lowest BCUT2D eigenvalue weighted by Crippen LogP contribution is -2.03. The van der Waals surface area contributed by atoms with Crippen LogP contribution in [0, 0.1) is 11.3 Å². The Hall–Kier alpha value is -2.07. The highest BCUT2D eigenvalue weighted by Crippen LogP contribution is 2.31. The van der Waals surface area contributed by atoms with Gasteiger partial charge in [-0.15, -0.1) is 0 Å². The third-order valence-electron chi connectivity index (χ3n) is 3.39. The number of hydrogen-bond donors (Lipinski definition) is 1. The Labute approximate surface area is 163 Å². The van der Waals surface area contributed by atoms with Crippen molar-refractivity contribution in [1.29, 1.82) is 5.26 Å². The summed E-state index contributed by atoms with van der Waals surface area (Å²) in [4.78, 5) is 8.99. The minimum Gasteiger partial charge on any atom is -0.339 e. The molecule has 3 rings (SSSR count). The topological polar surface area (TPSA) is 61.6 Å². The molecule has 2 aromatic carbocycles. The number of nitriles is 1. The van der Waals surface area contributed by atoms with Gasteiger partial charge in [-0.25, -0.2) is 9.97 Å². The van der Waals surface area contributed by atoms with E-state index in [4.69, 9.17) is 11.6 Å². The molecule has 7 heteroatoms. The van der Waals surface area contributed by atoms with Gasteiger partial charge in [-0.05, 0) is 36.6 Å². The highest BCUT2D eigenvalue weighted by Gasteiger charge is 2.16. The van der Waals surface area contributed by atoms with Crippen LogP contribution in [-0.4, -0.2) is 16.2 Å². The zero-order valence-electron chi connectivity index (χ0n) is 13.1. The lowest BCUT2D eigenvalue weighted by molar-refractivity contribution is 0.975. The first-order valence-electron chi connectivity index (χ1n) is 7.25. The third kappa shape index (κ3) is 4.13. The molecule has 0 bridgehead atoms. The van der Waals surface area contributed by atoms with Gasteiger partial charge in [0, 0.05) is 20.7 Å². The summed E-state index contributed by atoms with van der Waals surface area (Å²) in [6.07, 6.45) is 1.90. The van der Waals surface area contributed by atoms with Crippen LogP contribution in [0.4, 0.5) is 11.5 Å². The first-order valence-corrected chi connectivity index (χ1v) is 9.65. The van der Waals surface area contributed by atoms with Gasteiger partial charge in [-0.1, -0.05) is 57.5 Å². The molecule has 25 heavy (non-hydrogen) atoms. The molecular formula is C18H12BrClN4S. The van der Waals surface area contributed by atoms with Crippen molar-refractivity contribution in [2.45, 2.75) is 5.16 Å². The minimum absolute atomic E-state index is 0.389. The second-order valence-corrected chi connectivity index (χ2v) is 7.16. The summed E-state index contributed by atoms with van der Waals surface area (Å²) < 4.78 is 0.938. The van der Waals surface area contributed by atoms with E-state index < -0.39 is 0 Å². The second-order valence-electron chi connectivity index (χ2n) is 5.04. The predicted molar refractivity (Wildman–Crippen MR) is 106 cm³/mol. The molecule has 3 aromatic rings. The number of halogens is 2. The van der Waals surface area contributed by atoms with Crippen LogP contribution in [0.3, 0.4) is 0 Å². The van der Waals surface area contributed by atoms with Gasteiger partial charge in [0.1, 0.15) is 11.6 Å². The number of nitrogens with zero attached hydrogens (tertiary/aromatic N) is 3. The van der Waals surface area contributed by atoms with Gasteiger partial charge in [0.2, 0.25) is 0 Å². The molecule has 1 aromatic heterocycles. The molecule has 0 unspecified atom stereocenters. The number of benzene rings is 2. The van der Waals surface area contributed by atoms with Crippen molar-refractivity contribution in [1.82, 2.24) is 9.97 Å². The monoisotopic (exact) mass is 430 g/mol. The Morgan fingerprint density at radius 2 is 1.92 bits per heavy atom. The fraction of sp³-hybridized carbons (Fsp3) is 0.0556. The molecule has 0 fully saturated rings. The van der Waals surface area contributed by atoms with E-state index in [9.17, 15) is 5.26 Å². The lowest BCUT2D eigenvalue weighted by atomic mass is 10.1. The normalized spacial score (nSPS) is 10.3. The van der Waals surface area contributed by atoms with E-state index in [-0.39, 0.29) is 0 Å². The maximum Gasteiger partial charge on any atom is 0.189 e. The van der Waals surface area contributed by atoms with Gasteiger partial charge in [-0.2, -0.15) is 5.26 Å². The molecule has 1 heterocycles. The Morgan fingerprint density at radius 1 is 1.16 bits per heavy atom. The standard InChI is InChI=1S/C18H12BrClN4S/c1-25-18-23-16(11-5-7-13(20)8-6-11)15(10-21)17(24-18)22-14-4-2-3-12(19)9-14/h2-9H,1H3,(H,22,23,24). The van der Waals surface area contributed by atoms with Crippen molar-refractivity contribution in [3.8, 4) is 17.3 Å². The zero-order valence-corrected chi connectivity index (χ0v) is 16.3. The summed E-state index contributed by atoms with van der Waals surface area (Å²) in [5.74, 6) is 0.477. The molecule has 0 atom stereocenters. The van der Waals surface area contributed by atoms with Gasteiger partial charge < -0.3 is 5.32 Å². The van der Waals surface area contributed by atoms with Crippen LogP contribution >= 0.6 is 39.3 Å². The molecule has 0 spiro atoms. The van der Waals surface area contributed by atoms with Crippen LogP contribution < -0.4 is 5.32 Å². The van der Waals surface area contributed by atoms with E-state index in [1.165, 1.54) is 11.8 Å². The van der Waals surface area contributed by atoms with Crippen molar-refractivity contribution in [2.75, 3.05) is 11.6 Å². The first kappa shape index (κ1) is 17.7. The predicted octanol–water partition coefficient (Wildman–Crippen LogP) is 5.90. The quantitative estimate of drug-likeness (QED) is 0.412. The molecular weight excluding hydrogens is 420 g/mol. The first-order chi connectivity index (χ1) is 12.1. The average molecular weight is 432 g/mol. The fourth-order valence-corrected chi connectivity index (χ4v) is 3.14. The molecule has 0 saturated carbocycles. The molecule has 0 aliphatic rings. The SMILES string of the molecule is CSc1nc(Nc2cccc(Br)c2)c(C#N)c(-c2ccc(Cl)cc2)n1. The number of anilines is 2. The lowest BCUT2D eigenvalue weighted by Gasteiger charge is -2.12. The van der Waals surface area contributed by atoms with Crippen LogP contribution in [0.25, 0.3) is 11.3 Å². The average Bonchev–Trinajstić information content (AvgIpc) is 2.61. The molecule has 124 valence electrons. The van der Waals surface area contributed by atoms with Crippen molar-refractivity contribution in [3.05, 3.63) is 63.6 Å². The van der Waals surface area contributed by atoms with E-state index in [0.29, 0.717) is 27.3 Å². The minimum atomic E-state index is 0.389. The summed E-state index contributed by atoms with van der Waals surface area (Å²) in [5, 5.41) is 14.1. The van der Waals surface area contributed by atoms with Gasteiger partial charge in [0.25, 0.3) is 0 Å². The van der Waals surface area contributed by atoms with E-state index in [0.717, 1.165) is 15.7 Å². The molecule has 0 aliphatic heterocycles. The molecule has 0 aliphatic carbocycles. The number of rotatable bonds is 4. The largest absolute Gasteiger partial charge is 0.339 e. The van der Waals surface area contributed by atoms with Crippen LogP contribution in [0.15, 0.2) is 58.2 Å². The van der Waals surface area contributed by atoms with E-state index >= 15 is 0 Å². The summed E-state index contributed by atoms with van der Waals surface area (Å²) in [5.41, 5.74) is 2.62. The second kappa shape index (κ2) is 7.87. The van der Waals surface area contributed by atoms with Gasteiger partial charge in [-0.3, -0.25) is 0 Å². The molecule has 0 radical (unpaired) electrons. The summed E-state index contributed by atoms with van der Waals surface area (Å²) in [6, 6.07) is 17.1. The molecule has 0 amide bonds. The van der Waals surface area contributed by atoms with Crippen LogP contribution in [-0.2, 0) is 0 Å². The Balaban J connectivity index is 2.13. The number of nitrogens with one attached hydrogen (secondary N) is 1. The highest BCUT2D eigenvalue weighted by molar-refractivity contribution is 9.10. The Morgan fingerprint density at radius 3 is 2.56 bits per heavy atom. The van der Waals surface area contributed by atoms with Crippen LogP contribution in [0.2, 0.25) is 5.02 Å². The fourth-order valence-electron chi connectivity index (χ4n) is 2.25. The Bertz CT molecular complexity index is 954. The van der Waals surface area contributed by atoms with E-state index in [1.54, 1.807) is 12.1 Å². The van der Waals surface area contributed by atoms with Crippen molar-refractivity contribution >= 4 is 50.8 Å². The molecule has 0 saturated heterocycles. The summed E-state index contributed by atoms with van der Waals surface area (Å²) in [7, 11) is 0. The van der Waals surface area contributed by atoms with E-state index in [2.05, 4.69) is 37.3 Å². The zero-order chi connectivity index (χ0) is 17.8. The van der Waals surface area contributed by atoms with Crippen LogP contribution in [0.5, 0.6) is 0 Å². The van der Waals surface area contributed by atoms with Gasteiger partial charge in [0.05, 0.1) is 5.69 Å². The highest BCUT2D eigenvalue weighted by atomic mass is 79.9.